The van der Waals surface area contributed by atoms with Crippen LogP contribution in [0.4, 0.5) is 8.78 Å². The van der Waals surface area contributed by atoms with Gasteiger partial charge in [-0.15, -0.1) is 0 Å². The fourth-order valence-corrected chi connectivity index (χ4v) is 3.51. The van der Waals surface area contributed by atoms with Crippen LogP contribution >= 0.6 is 0 Å². The van der Waals surface area contributed by atoms with E-state index in [0.29, 0.717) is 38.0 Å². The molecule has 136 valence electrons. The second-order valence-corrected chi connectivity index (χ2v) is 6.63. The molecule has 1 N–H and O–H groups in total. The molecular weight excluding hydrogens is 332 g/mol. The first-order valence-corrected chi connectivity index (χ1v) is 8.52. The number of benzene rings is 1. The van der Waals surface area contributed by atoms with E-state index in [1.54, 1.807) is 4.90 Å². The molecular formula is C18H21F2NO4. The van der Waals surface area contributed by atoms with E-state index in [-0.39, 0.29) is 36.8 Å². The molecule has 1 heterocycles. The van der Waals surface area contributed by atoms with Crippen LogP contribution in [-0.4, -0.2) is 47.7 Å². The monoisotopic (exact) mass is 353 g/mol. The maximum absolute atomic E-state index is 13.9. The first kappa shape index (κ1) is 17.8. The molecule has 1 amide bonds. The van der Waals surface area contributed by atoms with E-state index in [1.807, 2.05) is 0 Å². The number of hydrogen-bond donors (Lipinski definition) is 1. The molecule has 7 heteroatoms. The summed E-state index contributed by atoms with van der Waals surface area (Å²) in [5.74, 6) is -3.00. The number of carbonyl (C=O) groups excluding carboxylic acids is 1. The first-order chi connectivity index (χ1) is 12.0. The van der Waals surface area contributed by atoms with E-state index in [9.17, 15) is 18.4 Å². The number of nitrogens with zero attached hydrogens (tertiary/aromatic N) is 1. The van der Waals surface area contributed by atoms with Crippen molar-refractivity contribution in [2.75, 3.05) is 19.8 Å². The number of rotatable bonds is 6. The Hall–Kier alpha value is -2.02. The van der Waals surface area contributed by atoms with Gasteiger partial charge in [0.15, 0.2) is 0 Å². The Balaban J connectivity index is 1.70. The Morgan fingerprint density at radius 1 is 1.24 bits per heavy atom. The molecule has 2 aliphatic rings. The second kappa shape index (κ2) is 7.47. The third-order valence-electron chi connectivity index (χ3n) is 4.95. The van der Waals surface area contributed by atoms with E-state index in [1.165, 1.54) is 12.1 Å². The Bertz CT molecular complexity index is 660. The Kier molecular flexibility index (Phi) is 5.32. The SMILES string of the molecule is O=C(O)CCN(C(=O)C1CC1c1ccc(F)cc1F)C1CCOCC1. The highest BCUT2D eigenvalue weighted by Crippen LogP contribution is 2.49. The highest BCUT2D eigenvalue weighted by molar-refractivity contribution is 5.83. The molecule has 25 heavy (non-hydrogen) atoms. The van der Waals surface area contributed by atoms with Gasteiger partial charge in [0.1, 0.15) is 11.6 Å². The maximum Gasteiger partial charge on any atom is 0.305 e. The zero-order valence-electron chi connectivity index (χ0n) is 13.8. The Labute approximate surface area is 144 Å². The Morgan fingerprint density at radius 2 is 1.96 bits per heavy atom. The molecule has 2 unspecified atom stereocenters. The van der Waals surface area contributed by atoms with E-state index in [2.05, 4.69) is 0 Å². The third-order valence-corrected chi connectivity index (χ3v) is 4.95. The minimum Gasteiger partial charge on any atom is -0.481 e. The molecule has 1 aliphatic heterocycles. The van der Waals surface area contributed by atoms with Crippen molar-refractivity contribution in [1.82, 2.24) is 4.90 Å². The summed E-state index contributed by atoms with van der Waals surface area (Å²) in [6.07, 6.45) is 1.74. The minimum atomic E-state index is -0.957. The molecule has 1 saturated heterocycles. The number of aliphatic carboxylic acids is 1. The molecule has 2 fully saturated rings. The average Bonchev–Trinajstić information content (AvgIpc) is 3.36. The Morgan fingerprint density at radius 3 is 2.60 bits per heavy atom. The van der Waals surface area contributed by atoms with Gasteiger partial charge in [-0.2, -0.15) is 0 Å². The molecule has 0 radical (unpaired) electrons. The molecule has 0 aromatic heterocycles. The summed E-state index contributed by atoms with van der Waals surface area (Å²) < 4.78 is 32.3. The largest absolute Gasteiger partial charge is 0.481 e. The highest BCUT2D eigenvalue weighted by Gasteiger charge is 2.48. The molecule has 5 nitrogen and oxygen atoms in total. The van der Waals surface area contributed by atoms with Gasteiger partial charge in [0, 0.05) is 37.8 Å². The van der Waals surface area contributed by atoms with Crippen molar-refractivity contribution < 1.29 is 28.2 Å². The number of hydrogen-bond acceptors (Lipinski definition) is 3. The van der Waals surface area contributed by atoms with Gasteiger partial charge >= 0.3 is 5.97 Å². The normalized spacial score (nSPS) is 23.3. The number of amides is 1. The van der Waals surface area contributed by atoms with E-state index >= 15 is 0 Å². The highest BCUT2D eigenvalue weighted by atomic mass is 19.1. The van der Waals surface area contributed by atoms with Gasteiger partial charge in [-0.25, -0.2) is 8.78 Å². The molecule has 1 aromatic rings. The average molecular weight is 353 g/mol. The fraction of sp³-hybridized carbons (Fsp3) is 0.556. The molecule has 1 aliphatic carbocycles. The fourth-order valence-electron chi connectivity index (χ4n) is 3.51. The predicted molar refractivity (Wildman–Crippen MR) is 85.0 cm³/mol. The van der Waals surface area contributed by atoms with Crippen molar-refractivity contribution in [1.29, 1.82) is 0 Å². The maximum atomic E-state index is 13.9. The van der Waals surface area contributed by atoms with Crippen molar-refractivity contribution in [3.8, 4) is 0 Å². The molecule has 2 atom stereocenters. The molecule has 1 aromatic carbocycles. The van der Waals surface area contributed by atoms with Gasteiger partial charge in [0.25, 0.3) is 0 Å². The van der Waals surface area contributed by atoms with E-state index in [0.717, 1.165) is 6.07 Å². The third kappa shape index (κ3) is 4.15. The van der Waals surface area contributed by atoms with Gasteiger partial charge in [0.2, 0.25) is 5.91 Å². The lowest BCUT2D eigenvalue weighted by molar-refractivity contribution is -0.141. The zero-order valence-corrected chi connectivity index (χ0v) is 13.8. The minimum absolute atomic E-state index is 0.0417. The van der Waals surface area contributed by atoms with Crippen molar-refractivity contribution in [2.45, 2.75) is 37.6 Å². The van der Waals surface area contributed by atoms with Gasteiger partial charge in [-0.05, 0) is 36.8 Å². The van der Waals surface area contributed by atoms with Crippen LogP contribution in [0.15, 0.2) is 18.2 Å². The van der Waals surface area contributed by atoms with Crippen LogP contribution in [-0.2, 0) is 14.3 Å². The van der Waals surface area contributed by atoms with Crippen molar-refractivity contribution >= 4 is 11.9 Å². The van der Waals surface area contributed by atoms with Crippen molar-refractivity contribution in [2.24, 2.45) is 5.92 Å². The van der Waals surface area contributed by atoms with Crippen LogP contribution in [0.25, 0.3) is 0 Å². The predicted octanol–water partition coefficient (Wildman–Crippen LogP) is 2.55. The van der Waals surface area contributed by atoms with Crippen LogP contribution in [0.5, 0.6) is 0 Å². The van der Waals surface area contributed by atoms with Crippen molar-refractivity contribution in [3.63, 3.8) is 0 Å². The number of carboxylic acid groups (broad SMARTS) is 1. The number of ether oxygens (including phenoxy) is 1. The molecule has 0 bridgehead atoms. The van der Waals surface area contributed by atoms with Crippen LogP contribution in [0, 0.1) is 17.6 Å². The first-order valence-electron chi connectivity index (χ1n) is 8.52. The lowest BCUT2D eigenvalue weighted by Gasteiger charge is -2.34. The lowest BCUT2D eigenvalue weighted by Crippen LogP contribution is -2.45. The van der Waals surface area contributed by atoms with E-state index < -0.39 is 17.6 Å². The molecule has 1 saturated carbocycles. The van der Waals surface area contributed by atoms with Crippen LogP contribution in [0.3, 0.4) is 0 Å². The smallest absolute Gasteiger partial charge is 0.305 e. The van der Waals surface area contributed by atoms with Crippen LogP contribution in [0.2, 0.25) is 0 Å². The van der Waals surface area contributed by atoms with Gasteiger partial charge in [-0.1, -0.05) is 6.07 Å². The van der Waals surface area contributed by atoms with Crippen LogP contribution < -0.4 is 0 Å². The lowest BCUT2D eigenvalue weighted by atomic mass is 10.0. The summed E-state index contributed by atoms with van der Waals surface area (Å²) in [6.45, 7) is 1.23. The summed E-state index contributed by atoms with van der Waals surface area (Å²) in [6, 6.07) is 3.37. The van der Waals surface area contributed by atoms with Crippen LogP contribution in [0.1, 0.15) is 37.2 Å². The summed E-state index contributed by atoms with van der Waals surface area (Å²) >= 11 is 0. The van der Waals surface area contributed by atoms with Gasteiger partial charge < -0.3 is 14.7 Å². The topological polar surface area (TPSA) is 66.8 Å². The van der Waals surface area contributed by atoms with Crippen molar-refractivity contribution in [3.05, 3.63) is 35.4 Å². The number of carbonyl (C=O) groups is 2. The number of carboxylic acids is 1. The summed E-state index contributed by atoms with van der Waals surface area (Å²) in [4.78, 5) is 25.4. The molecule has 0 spiro atoms. The summed E-state index contributed by atoms with van der Waals surface area (Å²) in [5, 5.41) is 8.94. The standard InChI is InChI=1S/C18H21F2NO4/c19-11-1-2-13(16(20)9-11)14-10-15(14)18(24)21(6-3-17(22)23)12-4-7-25-8-5-12/h1-2,9,12,14-15H,3-8,10H2,(H,22,23). The summed E-state index contributed by atoms with van der Waals surface area (Å²) in [7, 11) is 0. The molecule has 3 rings (SSSR count). The van der Waals surface area contributed by atoms with Gasteiger partial charge in [-0.3, -0.25) is 9.59 Å². The summed E-state index contributed by atoms with van der Waals surface area (Å²) in [5.41, 5.74) is 0.352. The zero-order chi connectivity index (χ0) is 18.0. The number of halogens is 2. The quantitative estimate of drug-likeness (QED) is 0.854. The second-order valence-electron chi connectivity index (χ2n) is 6.63. The van der Waals surface area contributed by atoms with Gasteiger partial charge in [0.05, 0.1) is 6.42 Å². The van der Waals surface area contributed by atoms with E-state index in [4.69, 9.17) is 9.84 Å².